The summed E-state index contributed by atoms with van der Waals surface area (Å²) < 4.78 is 0.310. The van der Waals surface area contributed by atoms with Gasteiger partial charge >= 0.3 is 0 Å². The number of hydrogen-bond donors (Lipinski definition) is 0. The van der Waals surface area contributed by atoms with Gasteiger partial charge in [0, 0.05) is 22.9 Å². The molecule has 0 atom stereocenters. The minimum absolute atomic E-state index is 0.310. The topological polar surface area (TPSA) is 25.8 Å². The third kappa shape index (κ3) is 4.27. The Hall–Kier alpha value is -0.570. The van der Waals surface area contributed by atoms with Crippen LogP contribution in [-0.4, -0.2) is 14.7 Å². The van der Waals surface area contributed by atoms with Crippen LogP contribution < -0.4 is 0 Å². The van der Waals surface area contributed by atoms with Crippen LogP contribution in [0.3, 0.4) is 0 Å². The Kier molecular flexibility index (Phi) is 3.31. The van der Waals surface area contributed by atoms with Crippen LogP contribution in [0.5, 0.6) is 0 Å². The van der Waals surface area contributed by atoms with Crippen molar-refractivity contribution >= 4 is 11.8 Å². The van der Waals surface area contributed by atoms with E-state index < -0.39 is 0 Å². The molecule has 3 heteroatoms. The van der Waals surface area contributed by atoms with Gasteiger partial charge in [0.2, 0.25) is 0 Å². The molecule has 1 heterocycles. The number of aromatic nitrogens is 2. The van der Waals surface area contributed by atoms with Crippen molar-refractivity contribution in [2.24, 2.45) is 0 Å². The van der Waals surface area contributed by atoms with Crippen molar-refractivity contribution in [2.75, 3.05) is 0 Å². The number of aryl methyl sites for hydroxylation is 1. The van der Waals surface area contributed by atoms with E-state index in [4.69, 9.17) is 0 Å². The highest BCUT2D eigenvalue weighted by Gasteiger charge is 2.10. The van der Waals surface area contributed by atoms with Crippen molar-refractivity contribution in [1.29, 1.82) is 0 Å². The van der Waals surface area contributed by atoms with E-state index in [1.165, 1.54) is 5.56 Å². The maximum absolute atomic E-state index is 4.16. The van der Waals surface area contributed by atoms with Crippen LogP contribution in [-0.2, 0) is 5.75 Å². The molecule has 0 saturated heterocycles. The van der Waals surface area contributed by atoms with Crippen LogP contribution in [0.4, 0.5) is 0 Å². The van der Waals surface area contributed by atoms with E-state index in [0.717, 1.165) is 11.6 Å². The summed E-state index contributed by atoms with van der Waals surface area (Å²) >= 11 is 1.91. The third-order valence-corrected chi connectivity index (χ3v) is 2.85. The Bertz CT molecular complexity index is 261. The second-order valence-electron chi connectivity index (χ2n) is 4.04. The molecule has 0 aliphatic carbocycles. The molecule has 13 heavy (non-hydrogen) atoms. The van der Waals surface area contributed by atoms with Crippen molar-refractivity contribution in [3.63, 3.8) is 0 Å². The van der Waals surface area contributed by atoms with Crippen molar-refractivity contribution in [1.82, 2.24) is 9.97 Å². The molecule has 2 nitrogen and oxygen atoms in total. The molecule has 1 rings (SSSR count). The molecule has 0 bridgehead atoms. The Morgan fingerprint density at radius 3 is 2.23 bits per heavy atom. The highest BCUT2D eigenvalue weighted by atomic mass is 32.2. The van der Waals surface area contributed by atoms with Gasteiger partial charge in [-0.05, 0) is 12.5 Å². The first kappa shape index (κ1) is 10.5. The highest BCUT2D eigenvalue weighted by Crippen LogP contribution is 2.26. The first-order chi connectivity index (χ1) is 5.97. The number of thioether (sulfide) groups is 1. The normalized spacial score (nSPS) is 11.7. The van der Waals surface area contributed by atoms with Crippen molar-refractivity contribution in [3.05, 3.63) is 23.8 Å². The summed E-state index contributed by atoms with van der Waals surface area (Å²) in [6.45, 7) is 8.55. The van der Waals surface area contributed by atoms with Gasteiger partial charge in [-0.3, -0.25) is 0 Å². The zero-order chi connectivity index (χ0) is 9.90. The molecule has 0 aromatic carbocycles. The summed E-state index contributed by atoms with van der Waals surface area (Å²) in [5.74, 6) is 1.83. The van der Waals surface area contributed by atoms with Crippen LogP contribution in [0.15, 0.2) is 12.4 Å². The standard InChI is InChI=1S/C10H16N2S/c1-8-11-5-9(6-12-8)7-13-10(2,3)4/h5-6H,7H2,1-4H3. The van der Waals surface area contributed by atoms with E-state index in [-0.39, 0.29) is 0 Å². The fraction of sp³-hybridized carbons (Fsp3) is 0.600. The first-order valence-corrected chi connectivity index (χ1v) is 5.37. The maximum Gasteiger partial charge on any atom is 0.125 e. The van der Waals surface area contributed by atoms with E-state index in [1.807, 2.05) is 31.1 Å². The molecule has 1 aromatic heterocycles. The molecule has 0 saturated carbocycles. The summed E-state index contributed by atoms with van der Waals surface area (Å²) in [5.41, 5.74) is 1.20. The smallest absolute Gasteiger partial charge is 0.125 e. The molecule has 0 aliphatic heterocycles. The van der Waals surface area contributed by atoms with Crippen LogP contribution in [0.25, 0.3) is 0 Å². The zero-order valence-corrected chi connectivity index (χ0v) is 9.48. The molecule has 0 radical (unpaired) electrons. The monoisotopic (exact) mass is 196 g/mol. The molecule has 0 unspecified atom stereocenters. The van der Waals surface area contributed by atoms with Crippen LogP contribution in [0.1, 0.15) is 32.2 Å². The Labute approximate surface area is 84.2 Å². The van der Waals surface area contributed by atoms with Gasteiger partial charge in [-0.15, -0.1) is 0 Å². The van der Waals surface area contributed by atoms with Gasteiger partial charge < -0.3 is 0 Å². The predicted octanol–water partition coefficient (Wildman–Crippen LogP) is 2.82. The Balaban J connectivity index is 2.51. The highest BCUT2D eigenvalue weighted by molar-refractivity contribution is 7.99. The van der Waals surface area contributed by atoms with Gasteiger partial charge in [-0.2, -0.15) is 11.8 Å². The molecule has 1 aromatic rings. The second kappa shape index (κ2) is 4.09. The maximum atomic E-state index is 4.16. The fourth-order valence-electron chi connectivity index (χ4n) is 0.794. The molecule has 0 fully saturated rings. The first-order valence-electron chi connectivity index (χ1n) is 4.39. The largest absolute Gasteiger partial charge is 0.241 e. The van der Waals surface area contributed by atoms with Gasteiger partial charge in [0.05, 0.1) is 0 Å². The van der Waals surface area contributed by atoms with E-state index in [1.54, 1.807) is 0 Å². The van der Waals surface area contributed by atoms with Gasteiger partial charge in [-0.25, -0.2) is 9.97 Å². The number of hydrogen-bond acceptors (Lipinski definition) is 3. The third-order valence-electron chi connectivity index (χ3n) is 1.51. The molecular formula is C10H16N2S. The average molecular weight is 196 g/mol. The molecule has 0 N–H and O–H groups in total. The lowest BCUT2D eigenvalue weighted by Crippen LogP contribution is -2.07. The molecule has 0 aliphatic rings. The number of rotatable bonds is 2. The van der Waals surface area contributed by atoms with Gasteiger partial charge in [0.1, 0.15) is 5.82 Å². The second-order valence-corrected chi connectivity index (χ2v) is 5.84. The molecule has 0 spiro atoms. The molecule has 72 valence electrons. The Morgan fingerprint density at radius 2 is 1.77 bits per heavy atom. The van der Waals surface area contributed by atoms with Gasteiger partial charge in [-0.1, -0.05) is 20.8 Å². The van der Waals surface area contributed by atoms with Crippen LogP contribution in [0.2, 0.25) is 0 Å². The summed E-state index contributed by atoms with van der Waals surface area (Å²) in [4.78, 5) is 8.31. The van der Waals surface area contributed by atoms with Crippen molar-refractivity contribution < 1.29 is 0 Å². The van der Waals surface area contributed by atoms with Gasteiger partial charge in [0.25, 0.3) is 0 Å². The van der Waals surface area contributed by atoms with Crippen molar-refractivity contribution in [2.45, 2.75) is 38.2 Å². The lowest BCUT2D eigenvalue weighted by Gasteiger charge is -2.16. The zero-order valence-electron chi connectivity index (χ0n) is 8.66. The Morgan fingerprint density at radius 1 is 1.23 bits per heavy atom. The number of nitrogens with zero attached hydrogens (tertiary/aromatic N) is 2. The fourth-order valence-corrected chi connectivity index (χ4v) is 1.54. The van der Waals surface area contributed by atoms with Crippen LogP contribution >= 0.6 is 11.8 Å². The quantitative estimate of drug-likeness (QED) is 0.727. The summed E-state index contributed by atoms with van der Waals surface area (Å²) in [6, 6.07) is 0. The minimum Gasteiger partial charge on any atom is -0.241 e. The SMILES string of the molecule is Cc1ncc(CSC(C)(C)C)cn1. The van der Waals surface area contributed by atoms with E-state index in [9.17, 15) is 0 Å². The van der Waals surface area contributed by atoms with Crippen molar-refractivity contribution in [3.8, 4) is 0 Å². The predicted molar refractivity (Wildman–Crippen MR) is 57.8 cm³/mol. The summed E-state index contributed by atoms with van der Waals surface area (Å²) in [5, 5.41) is 0. The van der Waals surface area contributed by atoms with E-state index in [0.29, 0.717) is 4.75 Å². The van der Waals surface area contributed by atoms with E-state index >= 15 is 0 Å². The minimum atomic E-state index is 0.310. The molecular weight excluding hydrogens is 180 g/mol. The lowest BCUT2D eigenvalue weighted by molar-refractivity contribution is 0.802. The summed E-state index contributed by atoms with van der Waals surface area (Å²) in [6.07, 6.45) is 3.81. The van der Waals surface area contributed by atoms with E-state index in [2.05, 4.69) is 30.7 Å². The average Bonchev–Trinajstić information content (AvgIpc) is 2.02. The van der Waals surface area contributed by atoms with Gasteiger partial charge in [0.15, 0.2) is 0 Å². The molecule has 0 amide bonds. The lowest BCUT2D eigenvalue weighted by atomic mass is 10.3. The summed E-state index contributed by atoms with van der Waals surface area (Å²) in [7, 11) is 0. The van der Waals surface area contributed by atoms with Crippen LogP contribution in [0, 0.1) is 6.92 Å².